The van der Waals surface area contributed by atoms with Crippen LogP contribution in [0.4, 0.5) is 11.5 Å². The molecule has 0 amide bonds. The zero-order valence-electron chi connectivity index (χ0n) is 15.3. The highest BCUT2D eigenvalue weighted by Crippen LogP contribution is 2.27. The Balaban J connectivity index is 1.66. The Labute approximate surface area is 152 Å². The van der Waals surface area contributed by atoms with Gasteiger partial charge in [-0.25, -0.2) is 15.0 Å². The minimum Gasteiger partial charge on any atom is -0.340 e. The van der Waals surface area contributed by atoms with Crippen LogP contribution in [0.1, 0.15) is 5.56 Å². The summed E-state index contributed by atoms with van der Waals surface area (Å²) in [6, 6.07) is 12.3. The second kappa shape index (κ2) is 6.72. The molecule has 0 aliphatic rings. The topological polar surface area (TPSA) is 58.9 Å². The summed E-state index contributed by atoms with van der Waals surface area (Å²) in [4.78, 5) is 15.5. The molecule has 4 aromatic rings. The van der Waals surface area contributed by atoms with E-state index < -0.39 is 0 Å². The molecule has 0 saturated carbocycles. The van der Waals surface area contributed by atoms with Crippen molar-refractivity contribution in [2.75, 3.05) is 26.0 Å². The fourth-order valence-corrected chi connectivity index (χ4v) is 3.14. The molecule has 4 rings (SSSR count). The minimum absolute atomic E-state index is 0.819. The van der Waals surface area contributed by atoms with Crippen LogP contribution in [0.25, 0.3) is 21.9 Å². The zero-order valence-corrected chi connectivity index (χ0v) is 15.3. The monoisotopic (exact) mass is 346 g/mol. The average Bonchev–Trinajstić information content (AvgIpc) is 3.02. The second-order valence-corrected chi connectivity index (χ2v) is 6.76. The summed E-state index contributed by atoms with van der Waals surface area (Å²) >= 11 is 0. The van der Waals surface area contributed by atoms with Gasteiger partial charge in [0.05, 0.1) is 22.9 Å². The summed E-state index contributed by atoms with van der Waals surface area (Å²) in [6.07, 6.45) is 3.50. The van der Waals surface area contributed by atoms with Gasteiger partial charge in [-0.05, 0) is 50.8 Å². The van der Waals surface area contributed by atoms with Crippen LogP contribution in [0.15, 0.2) is 49.1 Å². The van der Waals surface area contributed by atoms with Crippen molar-refractivity contribution in [1.29, 1.82) is 0 Å². The van der Waals surface area contributed by atoms with Gasteiger partial charge in [-0.3, -0.25) is 0 Å². The lowest BCUT2D eigenvalue weighted by atomic mass is 10.1. The number of anilines is 2. The van der Waals surface area contributed by atoms with E-state index in [0.29, 0.717) is 0 Å². The molecule has 2 aromatic carbocycles. The first-order valence-corrected chi connectivity index (χ1v) is 8.69. The lowest BCUT2D eigenvalue weighted by molar-refractivity contribution is 0.386. The van der Waals surface area contributed by atoms with Gasteiger partial charge in [0.2, 0.25) is 0 Å². The molecular formula is C20H22N6. The Bertz CT molecular complexity index is 1060. The Kier molecular flexibility index (Phi) is 4.26. The van der Waals surface area contributed by atoms with E-state index in [-0.39, 0.29) is 0 Å². The van der Waals surface area contributed by atoms with Crippen LogP contribution in [-0.2, 0) is 6.54 Å². The van der Waals surface area contributed by atoms with Crippen LogP contribution in [0.3, 0.4) is 0 Å². The number of imidazole rings is 1. The third-order valence-electron chi connectivity index (χ3n) is 4.54. The van der Waals surface area contributed by atoms with Crippen molar-refractivity contribution in [2.45, 2.75) is 13.5 Å². The van der Waals surface area contributed by atoms with E-state index in [9.17, 15) is 0 Å². The van der Waals surface area contributed by atoms with E-state index in [1.165, 1.54) is 0 Å². The van der Waals surface area contributed by atoms with Crippen molar-refractivity contribution in [3.05, 3.63) is 54.6 Å². The van der Waals surface area contributed by atoms with Crippen LogP contribution in [0, 0.1) is 6.92 Å². The van der Waals surface area contributed by atoms with Gasteiger partial charge in [0.1, 0.15) is 12.1 Å². The molecule has 132 valence electrons. The van der Waals surface area contributed by atoms with E-state index in [0.717, 1.165) is 52.1 Å². The van der Waals surface area contributed by atoms with Crippen LogP contribution >= 0.6 is 0 Å². The Morgan fingerprint density at radius 3 is 2.77 bits per heavy atom. The van der Waals surface area contributed by atoms with Crippen molar-refractivity contribution < 1.29 is 0 Å². The molecule has 0 fully saturated rings. The average molecular weight is 346 g/mol. The molecule has 0 radical (unpaired) electrons. The summed E-state index contributed by atoms with van der Waals surface area (Å²) in [5.74, 6) is 0.819. The van der Waals surface area contributed by atoms with E-state index in [1.807, 2.05) is 18.5 Å². The predicted molar refractivity (Wildman–Crippen MR) is 106 cm³/mol. The minimum atomic E-state index is 0.819. The van der Waals surface area contributed by atoms with Crippen molar-refractivity contribution in [3.63, 3.8) is 0 Å². The number of hydrogen-bond acceptors (Lipinski definition) is 5. The molecule has 6 nitrogen and oxygen atoms in total. The third kappa shape index (κ3) is 3.11. The molecule has 26 heavy (non-hydrogen) atoms. The molecule has 0 aliphatic heterocycles. The Morgan fingerprint density at radius 2 is 1.92 bits per heavy atom. The van der Waals surface area contributed by atoms with Gasteiger partial charge in [-0.1, -0.05) is 12.1 Å². The first kappa shape index (κ1) is 16.5. The molecule has 2 heterocycles. The maximum absolute atomic E-state index is 4.55. The molecular weight excluding hydrogens is 324 g/mol. The van der Waals surface area contributed by atoms with Crippen LogP contribution in [-0.4, -0.2) is 45.1 Å². The number of benzene rings is 2. The number of rotatable bonds is 5. The number of aromatic nitrogens is 4. The number of aryl methyl sites for hydroxylation is 1. The standard InChI is InChI=1S/C20H22N6/c1-14-5-4-6-16-19(14)20(22-12-21-16)24-15-7-8-18-17(11-15)23-13-26(18)10-9-25(2)3/h4-8,11-13H,9-10H2,1-3H3,(H,21,22,24). The zero-order chi connectivity index (χ0) is 18.1. The summed E-state index contributed by atoms with van der Waals surface area (Å²) in [5, 5.41) is 4.48. The Morgan fingerprint density at radius 1 is 1.04 bits per heavy atom. The largest absolute Gasteiger partial charge is 0.340 e. The second-order valence-electron chi connectivity index (χ2n) is 6.76. The van der Waals surface area contributed by atoms with Crippen LogP contribution in [0.2, 0.25) is 0 Å². The first-order valence-electron chi connectivity index (χ1n) is 8.69. The smallest absolute Gasteiger partial charge is 0.141 e. The molecule has 6 heteroatoms. The summed E-state index contributed by atoms with van der Waals surface area (Å²) in [5.41, 5.74) is 5.18. The number of nitrogens with one attached hydrogen (secondary N) is 1. The molecule has 0 bridgehead atoms. The SMILES string of the molecule is Cc1cccc2ncnc(Nc3ccc4c(c3)ncn4CCN(C)C)c12. The van der Waals surface area contributed by atoms with Crippen molar-refractivity contribution in [1.82, 2.24) is 24.4 Å². The van der Waals surface area contributed by atoms with Gasteiger partial charge < -0.3 is 14.8 Å². The van der Waals surface area contributed by atoms with Crippen molar-refractivity contribution >= 4 is 33.4 Å². The highest BCUT2D eigenvalue weighted by atomic mass is 15.1. The molecule has 0 aliphatic carbocycles. The van der Waals surface area contributed by atoms with Crippen molar-refractivity contribution in [2.24, 2.45) is 0 Å². The van der Waals surface area contributed by atoms with Gasteiger partial charge in [0.15, 0.2) is 0 Å². The van der Waals surface area contributed by atoms with E-state index >= 15 is 0 Å². The van der Waals surface area contributed by atoms with E-state index in [4.69, 9.17) is 0 Å². The number of hydrogen-bond donors (Lipinski definition) is 1. The quantitative estimate of drug-likeness (QED) is 0.598. The molecule has 0 spiro atoms. The lowest BCUT2D eigenvalue weighted by Crippen LogP contribution is -2.17. The Hall–Kier alpha value is -2.99. The first-order chi connectivity index (χ1) is 12.6. The molecule has 1 N–H and O–H groups in total. The van der Waals surface area contributed by atoms with Gasteiger partial charge >= 0.3 is 0 Å². The predicted octanol–water partition coefficient (Wildman–Crippen LogP) is 3.59. The molecule has 2 aromatic heterocycles. The molecule has 0 unspecified atom stereocenters. The van der Waals surface area contributed by atoms with Crippen LogP contribution < -0.4 is 5.32 Å². The van der Waals surface area contributed by atoms with Crippen LogP contribution in [0.5, 0.6) is 0 Å². The van der Waals surface area contributed by atoms with Gasteiger partial charge in [-0.15, -0.1) is 0 Å². The summed E-state index contributed by atoms with van der Waals surface area (Å²) in [7, 11) is 4.16. The summed E-state index contributed by atoms with van der Waals surface area (Å²) < 4.78 is 2.18. The maximum atomic E-state index is 4.55. The fourth-order valence-electron chi connectivity index (χ4n) is 3.14. The highest BCUT2D eigenvalue weighted by molar-refractivity contribution is 5.94. The number of fused-ring (bicyclic) bond motifs is 2. The van der Waals surface area contributed by atoms with Gasteiger partial charge in [0.25, 0.3) is 0 Å². The number of likely N-dealkylation sites (N-methyl/N-ethyl adjacent to an activating group) is 1. The van der Waals surface area contributed by atoms with Gasteiger partial charge in [-0.2, -0.15) is 0 Å². The molecule has 0 saturated heterocycles. The fraction of sp³-hybridized carbons (Fsp3) is 0.250. The van der Waals surface area contributed by atoms with E-state index in [2.05, 4.69) is 75.0 Å². The number of nitrogens with zero attached hydrogens (tertiary/aromatic N) is 5. The van der Waals surface area contributed by atoms with Crippen molar-refractivity contribution in [3.8, 4) is 0 Å². The maximum Gasteiger partial charge on any atom is 0.141 e. The lowest BCUT2D eigenvalue weighted by Gasteiger charge is -2.11. The normalized spacial score (nSPS) is 11.5. The van der Waals surface area contributed by atoms with Gasteiger partial charge in [0, 0.05) is 24.2 Å². The highest BCUT2D eigenvalue weighted by Gasteiger charge is 2.08. The third-order valence-corrected chi connectivity index (χ3v) is 4.54. The molecule has 0 atom stereocenters. The summed E-state index contributed by atoms with van der Waals surface area (Å²) in [6.45, 7) is 3.98. The van der Waals surface area contributed by atoms with E-state index in [1.54, 1.807) is 6.33 Å².